The molecule has 0 saturated carbocycles. The molecule has 2 atom stereocenters. The Morgan fingerprint density at radius 2 is 1.73 bits per heavy atom. The number of hydrogen-bond donors (Lipinski definition) is 2. The lowest BCUT2D eigenvalue weighted by Gasteiger charge is -2.22. The van der Waals surface area contributed by atoms with Gasteiger partial charge in [0.05, 0.1) is 18.5 Å². The lowest BCUT2D eigenvalue weighted by atomic mass is 10.00. The number of benzene rings is 1. The van der Waals surface area contributed by atoms with Crippen LogP contribution in [0, 0.1) is 12.8 Å². The molecule has 0 bridgehead atoms. The number of thiophene rings is 1. The van der Waals surface area contributed by atoms with Crippen molar-refractivity contribution in [3.05, 3.63) is 57.8 Å². The Morgan fingerprint density at radius 1 is 1.04 bits per heavy atom. The molecule has 1 aromatic carbocycles. The third kappa shape index (κ3) is 6.30. The maximum Gasteiger partial charge on any atom is 0.222 e. The smallest absolute Gasteiger partial charge is 0.222 e. The SMILES string of the molecule is CC(=O)NC(CC(=O)NC(CC(C)C)c1cccs1)c1ccc(C)cc1. The van der Waals surface area contributed by atoms with Gasteiger partial charge in [0.1, 0.15) is 0 Å². The minimum Gasteiger partial charge on any atom is -0.349 e. The van der Waals surface area contributed by atoms with Crippen LogP contribution in [0.2, 0.25) is 0 Å². The van der Waals surface area contributed by atoms with Gasteiger partial charge in [-0.1, -0.05) is 49.7 Å². The molecule has 2 rings (SSSR count). The summed E-state index contributed by atoms with van der Waals surface area (Å²) >= 11 is 1.66. The molecule has 26 heavy (non-hydrogen) atoms. The maximum absolute atomic E-state index is 12.7. The quantitative estimate of drug-likeness (QED) is 0.715. The van der Waals surface area contributed by atoms with Crippen LogP contribution >= 0.6 is 11.3 Å². The van der Waals surface area contributed by atoms with E-state index >= 15 is 0 Å². The zero-order valence-electron chi connectivity index (χ0n) is 15.9. The fourth-order valence-electron chi connectivity index (χ4n) is 2.94. The lowest BCUT2D eigenvalue weighted by molar-refractivity contribution is -0.123. The van der Waals surface area contributed by atoms with E-state index in [1.54, 1.807) is 11.3 Å². The zero-order valence-corrected chi connectivity index (χ0v) is 16.7. The monoisotopic (exact) mass is 372 g/mol. The first-order valence-corrected chi connectivity index (χ1v) is 9.89. The Balaban J connectivity index is 2.09. The van der Waals surface area contributed by atoms with Gasteiger partial charge in [-0.15, -0.1) is 11.3 Å². The number of rotatable bonds is 8. The minimum atomic E-state index is -0.323. The molecule has 140 valence electrons. The van der Waals surface area contributed by atoms with Gasteiger partial charge in [0.25, 0.3) is 0 Å². The summed E-state index contributed by atoms with van der Waals surface area (Å²) in [4.78, 5) is 25.5. The standard InChI is InChI=1S/C21H28N2O2S/c1-14(2)12-19(20-6-5-11-26-20)23-21(25)13-18(22-16(4)24)17-9-7-15(3)8-10-17/h5-11,14,18-19H,12-13H2,1-4H3,(H,22,24)(H,23,25). The van der Waals surface area contributed by atoms with Crippen LogP contribution in [0.15, 0.2) is 41.8 Å². The van der Waals surface area contributed by atoms with E-state index in [1.165, 1.54) is 11.8 Å². The van der Waals surface area contributed by atoms with Crippen molar-refractivity contribution in [2.75, 3.05) is 0 Å². The van der Waals surface area contributed by atoms with Crippen molar-refractivity contribution in [3.63, 3.8) is 0 Å². The molecule has 0 aliphatic heterocycles. The van der Waals surface area contributed by atoms with Crippen molar-refractivity contribution in [2.24, 2.45) is 5.92 Å². The molecule has 0 saturated heterocycles. The van der Waals surface area contributed by atoms with E-state index in [2.05, 4.69) is 30.5 Å². The van der Waals surface area contributed by atoms with Crippen LogP contribution in [0.1, 0.15) is 61.7 Å². The van der Waals surface area contributed by atoms with Gasteiger partial charge in [0.2, 0.25) is 11.8 Å². The van der Waals surface area contributed by atoms with Gasteiger partial charge in [0.15, 0.2) is 0 Å². The maximum atomic E-state index is 12.7. The van der Waals surface area contributed by atoms with E-state index in [9.17, 15) is 9.59 Å². The lowest BCUT2D eigenvalue weighted by Crippen LogP contribution is -2.34. The van der Waals surface area contributed by atoms with Gasteiger partial charge in [-0.2, -0.15) is 0 Å². The zero-order chi connectivity index (χ0) is 19.1. The number of hydrogen-bond acceptors (Lipinski definition) is 3. The summed E-state index contributed by atoms with van der Waals surface area (Å²) in [5.41, 5.74) is 2.09. The predicted molar refractivity (Wildman–Crippen MR) is 107 cm³/mol. The number of aryl methyl sites for hydroxylation is 1. The highest BCUT2D eigenvalue weighted by Crippen LogP contribution is 2.26. The fraction of sp³-hybridized carbons (Fsp3) is 0.429. The summed E-state index contributed by atoms with van der Waals surface area (Å²) in [6.45, 7) is 7.80. The second-order valence-electron chi connectivity index (χ2n) is 7.13. The summed E-state index contributed by atoms with van der Waals surface area (Å²) in [6, 6.07) is 11.7. The largest absolute Gasteiger partial charge is 0.349 e. The van der Waals surface area contributed by atoms with Gasteiger partial charge in [-0.3, -0.25) is 9.59 Å². The van der Waals surface area contributed by atoms with Crippen LogP contribution in [0.25, 0.3) is 0 Å². The van der Waals surface area contributed by atoms with Crippen molar-refractivity contribution in [3.8, 4) is 0 Å². The summed E-state index contributed by atoms with van der Waals surface area (Å²) in [5.74, 6) is 0.286. The minimum absolute atomic E-state index is 0.0125. The van der Waals surface area contributed by atoms with Crippen molar-refractivity contribution >= 4 is 23.2 Å². The highest BCUT2D eigenvalue weighted by Gasteiger charge is 2.21. The first-order chi connectivity index (χ1) is 12.3. The molecule has 2 amide bonds. The normalized spacial score (nSPS) is 13.3. The molecule has 0 aliphatic rings. The highest BCUT2D eigenvalue weighted by molar-refractivity contribution is 7.10. The van der Waals surface area contributed by atoms with Crippen LogP contribution < -0.4 is 10.6 Å². The Hall–Kier alpha value is -2.14. The summed E-state index contributed by atoms with van der Waals surface area (Å²) < 4.78 is 0. The second kappa shape index (κ2) is 9.53. The summed E-state index contributed by atoms with van der Waals surface area (Å²) in [5, 5.41) is 8.08. The number of amides is 2. The molecule has 0 fully saturated rings. The predicted octanol–water partition coefficient (Wildman–Crippen LogP) is 4.53. The van der Waals surface area contributed by atoms with E-state index in [-0.39, 0.29) is 30.3 Å². The summed E-state index contributed by atoms with van der Waals surface area (Å²) in [7, 11) is 0. The van der Waals surface area contributed by atoms with Gasteiger partial charge in [0, 0.05) is 11.8 Å². The van der Waals surface area contributed by atoms with E-state index in [0.29, 0.717) is 5.92 Å². The number of nitrogens with one attached hydrogen (secondary N) is 2. The first-order valence-electron chi connectivity index (χ1n) is 9.01. The van der Waals surface area contributed by atoms with Crippen molar-refractivity contribution in [1.82, 2.24) is 10.6 Å². The Bertz CT molecular complexity index is 708. The van der Waals surface area contributed by atoms with E-state index in [0.717, 1.165) is 17.5 Å². The van der Waals surface area contributed by atoms with Crippen LogP contribution in [-0.4, -0.2) is 11.8 Å². The third-order valence-corrected chi connectivity index (χ3v) is 5.16. The Morgan fingerprint density at radius 3 is 2.27 bits per heavy atom. The highest BCUT2D eigenvalue weighted by atomic mass is 32.1. The van der Waals surface area contributed by atoms with Gasteiger partial charge >= 0.3 is 0 Å². The molecule has 5 heteroatoms. The van der Waals surface area contributed by atoms with Gasteiger partial charge < -0.3 is 10.6 Å². The fourth-order valence-corrected chi connectivity index (χ4v) is 3.73. The molecule has 0 aliphatic carbocycles. The van der Waals surface area contributed by atoms with Crippen LogP contribution in [0.3, 0.4) is 0 Å². The first kappa shape index (κ1) is 20.2. The molecule has 1 aromatic heterocycles. The van der Waals surface area contributed by atoms with Crippen molar-refractivity contribution in [2.45, 2.75) is 52.6 Å². The molecule has 0 spiro atoms. The molecular formula is C21H28N2O2S. The number of carbonyl (C=O) groups excluding carboxylic acids is 2. The van der Waals surface area contributed by atoms with E-state index in [1.807, 2.05) is 42.6 Å². The molecular weight excluding hydrogens is 344 g/mol. The van der Waals surface area contributed by atoms with Crippen molar-refractivity contribution < 1.29 is 9.59 Å². The molecule has 4 nitrogen and oxygen atoms in total. The molecule has 2 aromatic rings. The molecule has 2 N–H and O–H groups in total. The Kier molecular flexibility index (Phi) is 7.39. The molecule has 0 radical (unpaired) electrons. The second-order valence-corrected chi connectivity index (χ2v) is 8.11. The topological polar surface area (TPSA) is 58.2 Å². The van der Waals surface area contributed by atoms with Crippen LogP contribution in [0.5, 0.6) is 0 Å². The average molecular weight is 373 g/mol. The third-order valence-electron chi connectivity index (χ3n) is 4.18. The van der Waals surface area contributed by atoms with E-state index in [4.69, 9.17) is 0 Å². The number of carbonyl (C=O) groups is 2. The molecule has 1 heterocycles. The Labute approximate surface area is 160 Å². The van der Waals surface area contributed by atoms with Crippen molar-refractivity contribution in [1.29, 1.82) is 0 Å². The van der Waals surface area contributed by atoms with Crippen LogP contribution in [0.4, 0.5) is 0 Å². The van der Waals surface area contributed by atoms with E-state index < -0.39 is 0 Å². The summed E-state index contributed by atoms with van der Waals surface area (Å²) in [6.07, 6.45) is 1.12. The average Bonchev–Trinajstić information content (AvgIpc) is 3.08. The van der Waals surface area contributed by atoms with Gasteiger partial charge in [-0.05, 0) is 36.3 Å². The van der Waals surface area contributed by atoms with Crippen LogP contribution in [-0.2, 0) is 9.59 Å². The van der Waals surface area contributed by atoms with Gasteiger partial charge in [-0.25, -0.2) is 0 Å². The molecule has 2 unspecified atom stereocenters.